The van der Waals surface area contributed by atoms with E-state index < -0.39 is 0 Å². The molecule has 52 valence electrons. The van der Waals surface area contributed by atoms with Crippen molar-refractivity contribution in [1.82, 2.24) is 9.97 Å². The molecule has 0 radical (unpaired) electrons. The lowest BCUT2D eigenvalue weighted by atomic mass is 10.6. The molecule has 1 N–H and O–H groups in total. The van der Waals surface area contributed by atoms with Crippen molar-refractivity contribution < 1.29 is 5.11 Å². The fraction of sp³-hybridized carbons (Fsp3) is 0. The predicted octanol–water partition coefficient (Wildman–Crippen LogP) is 1.03. The Bertz CT molecular complexity index is 146. The molecule has 0 fully saturated rings. The first-order valence-electron chi connectivity index (χ1n) is 1.83. The minimum absolute atomic E-state index is 0. The third kappa shape index (κ3) is 4.00. The summed E-state index contributed by atoms with van der Waals surface area (Å²) in [7, 11) is 0. The van der Waals surface area contributed by atoms with Crippen LogP contribution in [-0.2, 0) is 0 Å². The van der Waals surface area contributed by atoms with Crippen LogP contribution in [0.25, 0.3) is 0 Å². The van der Waals surface area contributed by atoms with Crippen molar-refractivity contribution in [2.24, 2.45) is 0 Å². The van der Waals surface area contributed by atoms with Gasteiger partial charge < -0.3 is 5.11 Å². The Kier molecular flexibility index (Phi) is 7.01. The summed E-state index contributed by atoms with van der Waals surface area (Å²) in [6.07, 6.45) is 4.01. The Labute approximate surface area is 65.0 Å². The Balaban J connectivity index is 0. The van der Waals surface area contributed by atoms with Gasteiger partial charge in [0.2, 0.25) is 0 Å². The smallest absolute Gasteiger partial charge is 0.152 e. The maximum absolute atomic E-state index is 8.51. The molecule has 1 rings (SSSR count). The van der Waals surface area contributed by atoms with Gasteiger partial charge in [-0.2, -0.15) is 0 Å². The molecule has 0 saturated heterocycles. The van der Waals surface area contributed by atoms with Gasteiger partial charge in [-0.25, -0.2) is 9.97 Å². The Morgan fingerprint density at radius 3 is 1.78 bits per heavy atom. The van der Waals surface area contributed by atoms with Crippen LogP contribution in [0.3, 0.4) is 0 Å². The van der Waals surface area contributed by atoms with Crippen molar-refractivity contribution in [1.29, 1.82) is 0 Å². The number of hydrogen-bond donors (Lipinski definition) is 1. The van der Waals surface area contributed by atoms with Crippen LogP contribution in [0.15, 0.2) is 18.7 Å². The summed E-state index contributed by atoms with van der Waals surface area (Å²) < 4.78 is 0. The maximum Gasteiger partial charge on any atom is 0.152 e. The number of halogens is 2. The third-order valence-electron chi connectivity index (χ3n) is 0.547. The van der Waals surface area contributed by atoms with E-state index in [2.05, 4.69) is 9.97 Å². The summed E-state index contributed by atoms with van der Waals surface area (Å²) in [5.41, 5.74) is 0. The van der Waals surface area contributed by atoms with E-state index in [1.807, 2.05) is 0 Å². The molecular weight excluding hydrogens is 163 g/mol. The minimum Gasteiger partial charge on any atom is -0.505 e. The molecule has 1 aromatic heterocycles. The Morgan fingerprint density at radius 2 is 1.56 bits per heavy atom. The average molecular weight is 169 g/mol. The number of rotatable bonds is 0. The summed E-state index contributed by atoms with van der Waals surface area (Å²) in [5.74, 6) is 0.0995. The number of hydrogen-bond acceptors (Lipinski definition) is 3. The van der Waals surface area contributed by atoms with Gasteiger partial charge in [0.1, 0.15) is 6.33 Å². The molecule has 0 saturated carbocycles. The molecule has 0 aliphatic heterocycles. The molecule has 3 nitrogen and oxygen atoms in total. The molecule has 0 bridgehead atoms. The van der Waals surface area contributed by atoms with E-state index in [9.17, 15) is 0 Å². The molecule has 5 heteroatoms. The second kappa shape index (κ2) is 5.59. The molecule has 0 aromatic carbocycles. The van der Waals surface area contributed by atoms with E-state index >= 15 is 0 Å². The van der Waals surface area contributed by atoms with Crippen molar-refractivity contribution in [3.8, 4) is 5.75 Å². The molecular formula is C4H6Cl2N2O. The first-order valence-corrected chi connectivity index (χ1v) is 1.83. The van der Waals surface area contributed by atoms with E-state index in [1.165, 1.54) is 18.7 Å². The standard InChI is InChI=1S/C4H4N2O.2ClH/c7-4-1-5-3-6-2-4;;/h1-3,7H;2*1H. The topological polar surface area (TPSA) is 46.0 Å². The molecule has 0 atom stereocenters. The van der Waals surface area contributed by atoms with Crippen LogP contribution in [0.5, 0.6) is 5.75 Å². The van der Waals surface area contributed by atoms with Gasteiger partial charge in [0.25, 0.3) is 0 Å². The summed E-state index contributed by atoms with van der Waals surface area (Å²) >= 11 is 0. The lowest BCUT2D eigenvalue weighted by Crippen LogP contribution is -1.70. The van der Waals surface area contributed by atoms with Gasteiger partial charge in [0.15, 0.2) is 5.75 Å². The molecule has 0 aliphatic carbocycles. The molecule has 0 spiro atoms. The van der Waals surface area contributed by atoms with E-state index in [0.29, 0.717) is 0 Å². The second-order valence-electron chi connectivity index (χ2n) is 1.10. The van der Waals surface area contributed by atoms with Gasteiger partial charge in [-0.1, -0.05) is 0 Å². The van der Waals surface area contributed by atoms with Crippen LogP contribution < -0.4 is 0 Å². The zero-order chi connectivity index (χ0) is 5.11. The molecule has 0 unspecified atom stereocenters. The third-order valence-corrected chi connectivity index (χ3v) is 0.547. The molecule has 1 heterocycles. The zero-order valence-corrected chi connectivity index (χ0v) is 6.02. The highest BCUT2D eigenvalue weighted by Crippen LogP contribution is 1.96. The second-order valence-corrected chi connectivity index (χ2v) is 1.10. The Morgan fingerprint density at radius 1 is 1.11 bits per heavy atom. The lowest BCUT2D eigenvalue weighted by Gasteiger charge is -1.81. The van der Waals surface area contributed by atoms with Crippen molar-refractivity contribution in [2.75, 3.05) is 0 Å². The zero-order valence-electron chi connectivity index (χ0n) is 4.39. The quantitative estimate of drug-likeness (QED) is 0.630. The summed E-state index contributed by atoms with van der Waals surface area (Å²) in [4.78, 5) is 7.05. The van der Waals surface area contributed by atoms with Gasteiger partial charge in [0.05, 0.1) is 12.4 Å². The lowest BCUT2D eigenvalue weighted by molar-refractivity contribution is 0.469. The summed E-state index contributed by atoms with van der Waals surface area (Å²) in [5, 5.41) is 8.51. The summed E-state index contributed by atoms with van der Waals surface area (Å²) in [6, 6.07) is 0. The van der Waals surface area contributed by atoms with Crippen molar-refractivity contribution in [3.63, 3.8) is 0 Å². The van der Waals surface area contributed by atoms with E-state index in [-0.39, 0.29) is 30.6 Å². The first kappa shape index (κ1) is 11.3. The van der Waals surface area contributed by atoms with Crippen LogP contribution in [0.4, 0.5) is 0 Å². The van der Waals surface area contributed by atoms with Crippen molar-refractivity contribution in [3.05, 3.63) is 18.7 Å². The average Bonchev–Trinajstić information content (AvgIpc) is 1.69. The number of aromatic hydroxyl groups is 1. The van der Waals surface area contributed by atoms with Crippen LogP contribution >= 0.6 is 24.8 Å². The van der Waals surface area contributed by atoms with Crippen LogP contribution in [0, 0.1) is 0 Å². The van der Waals surface area contributed by atoms with E-state index in [0.717, 1.165) is 0 Å². The number of aromatic nitrogens is 2. The predicted molar refractivity (Wildman–Crippen MR) is 38.2 cm³/mol. The monoisotopic (exact) mass is 168 g/mol. The molecule has 1 aromatic rings. The first-order chi connectivity index (χ1) is 3.39. The van der Waals surface area contributed by atoms with Crippen molar-refractivity contribution in [2.45, 2.75) is 0 Å². The van der Waals surface area contributed by atoms with E-state index in [1.54, 1.807) is 0 Å². The van der Waals surface area contributed by atoms with Crippen molar-refractivity contribution >= 4 is 24.8 Å². The molecule has 0 aliphatic rings. The van der Waals surface area contributed by atoms with Gasteiger partial charge in [0, 0.05) is 0 Å². The fourth-order valence-corrected chi connectivity index (χ4v) is 0.291. The van der Waals surface area contributed by atoms with E-state index in [4.69, 9.17) is 5.11 Å². The SMILES string of the molecule is Cl.Cl.Oc1cncnc1. The van der Waals surface area contributed by atoms with Crippen LogP contribution in [0.1, 0.15) is 0 Å². The van der Waals surface area contributed by atoms with Crippen LogP contribution in [-0.4, -0.2) is 15.1 Å². The highest BCUT2D eigenvalue weighted by molar-refractivity contribution is 5.85. The van der Waals surface area contributed by atoms with Gasteiger partial charge >= 0.3 is 0 Å². The van der Waals surface area contributed by atoms with Gasteiger partial charge in [-0.05, 0) is 0 Å². The maximum atomic E-state index is 8.51. The molecule has 9 heavy (non-hydrogen) atoms. The minimum atomic E-state index is 0. The fourth-order valence-electron chi connectivity index (χ4n) is 0.291. The highest BCUT2D eigenvalue weighted by atomic mass is 35.5. The largest absolute Gasteiger partial charge is 0.505 e. The van der Waals surface area contributed by atoms with Gasteiger partial charge in [-0.3, -0.25) is 0 Å². The Hall–Kier alpha value is -0.540. The normalized spacial score (nSPS) is 6.67. The highest BCUT2D eigenvalue weighted by Gasteiger charge is 1.77. The summed E-state index contributed by atoms with van der Waals surface area (Å²) in [6.45, 7) is 0. The van der Waals surface area contributed by atoms with Gasteiger partial charge in [-0.15, -0.1) is 24.8 Å². The molecule has 0 amide bonds. The van der Waals surface area contributed by atoms with Crippen LogP contribution in [0.2, 0.25) is 0 Å². The number of nitrogens with zero attached hydrogens (tertiary/aromatic N) is 2.